The van der Waals surface area contributed by atoms with Crippen molar-refractivity contribution < 1.29 is 14.7 Å². The zero-order valence-electron chi connectivity index (χ0n) is 7.73. The van der Waals surface area contributed by atoms with Gasteiger partial charge in [0.25, 0.3) is 5.91 Å². The largest absolute Gasteiger partial charge is 0.480 e. The Morgan fingerprint density at radius 2 is 2.00 bits per heavy atom. The minimum absolute atomic E-state index is 0.294. The van der Waals surface area contributed by atoms with Crippen LogP contribution >= 0.6 is 0 Å². The molecule has 0 atom stereocenters. The molecular weight excluding hydrogens is 182 g/mol. The number of carbonyl (C=O) groups excluding carboxylic acids is 1. The number of rotatable bonds is 3. The molecule has 0 aliphatic heterocycles. The first-order valence-corrected chi connectivity index (χ1v) is 4.04. The van der Waals surface area contributed by atoms with Crippen molar-refractivity contribution in [2.75, 3.05) is 13.6 Å². The molecule has 1 aromatic carbocycles. The Bertz CT molecular complexity index is 334. The van der Waals surface area contributed by atoms with E-state index >= 15 is 0 Å². The van der Waals surface area contributed by atoms with E-state index in [9.17, 15) is 9.59 Å². The predicted molar refractivity (Wildman–Crippen MR) is 49.9 cm³/mol. The lowest BCUT2D eigenvalue weighted by Gasteiger charge is -2.13. The van der Waals surface area contributed by atoms with E-state index in [0.29, 0.717) is 5.56 Å². The highest BCUT2D eigenvalue weighted by molar-refractivity contribution is 5.95. The summed E-state index contributed by atoms with van der Waals surface area (Å²) in [6.45, 7) is -0.294. The molecule has 1 radical (unpaired) electrons. The number of amides is 1. The first-order valence-electron chi connectivity index (χ1n) is 4.04. The second-order valence-corrected chi connectivity index (χ2v) is 2.84. The summed E-state index contributed by atoms with van der Waals surface area (Å²) in [4.78, 5) is 23.0. The fourth-order valence-corrected chi connectivity index (χ4v) is 1.02. The molecule has 73 valence electrons. The highest BCUT2D eigenvalue weighted by Crippen LogP contribution is 2.01. The molecule has 0 unspecified atom stereocenters. The second-order valence-electron chi connectivity index (χ2n) is 2.84. The normalized spacial score (nSPS) is 9.50. The smallest absolute Gasteiger partial charge is 0.323 e. The summed E-state index contributed by atoms with van der Waals surface area (Å²) in [5.74, 6) is -1.33. The topological polar surface area (TPSA) is 57.6 Å². The lowest BCUT2D eigenvalue weighted by Crippen LogP contribution is -2.31. The van der Waals surface area contributed by atoms with Crippen LogP contribution in [0.2, 0.25) is 0 Å². The number of carbonyl (C=O) groups is 2. The molecule has 14 heavy (non-hydrogen) atoms. The van der Waals surface area contributed by atoms with Crippen molar-refractivity contribution in [3.63, 3.8) is 0 Å². The summed E-state index contributed by atoms with van der Waals surface area (Å²) in [6, 6.07) is 9.20. The quantitative estimate of drug-likeness (QED) is 0.764. The van der Waals surface area contributed by atoms with Crippen molar-refractivity contribution in [2.24, 2.45) is 0 Å². The number of hydrogen-bond acceptors (Lipinski definition) is 2. The van der Waals surface area contributed by atoms with Crippen LogP contribution in [0, 0.1) is 6.07 Å². The molecule has 0 saturated heterocycles. The van der Waals surface area contributed by atoms with Crippen molar-refractivity contribution in [1.82, 2.24) is 4.90 Å². The van der Waals surface area contributed by atoms with E-state index in [1.807, 2.05) is 0 Å². The molecule has 0 aliphatic carbocycles. The van der Waals surface area contributed by atoms with Gasteiger partial charge >= 0.3 is 5.97 Å². The van der Waals surface area contributed by atoms with Crippen LogP contribution in [0.25, 0.3) is 0 Å². The molecule has 1 rings (SSSR count). The first-order chi connectivity index (χ1) is 6.61. The number of nitrogens with zero attached hydrogens (tertiary/aromatic N) is 1. The SMILES string of the molecule is CN(CC(=O)O)C(=O)c1cc[c]cc1. The van der Waals surface area contributed by atoms with E-state index in [0.717, 1.165) is 4.90 Å². The monoisotopic (exact) mass is 192 g/mol. The van der Waals surface area contributed by atoms with Gasteiger partial charge in [-0.3, -0.25) is 9.59 Å². The van der Waals surface area contributed by atoms with Crippen LogP contribution in [0.4, 0.5) is 0 Å². The Labute approximate surface area is 81.8 Å². The molecule has 1 N–H and O–H groups in total. The van der Waals surface area contributed by atoms with Gasteiger partial charge in [-0.05, 0) is 18.2 Å². The van der Waals surface area contributed by atoms with E-state index in [4.69, 9.17) is 5.11 Å². The Kier molecular flexibility index (Phi) is 3.23. The summed E-state index contributed by atoms with van der Waals surface area (Å²) in [5.41, 5.74) is 0.465. The standard InChI is InChI=1S/C10H10NO3/c1-11(7-9(12)13)10(14)8-5-3-2-4-6-8/h3-6H,7H2,1H3,(H,12,13). The average molecular weight is 192 g/mol. The Balaban J connectivity index is 2.71. The van der Waals surface area contributed by atoms with Gasteiger partial charge in [-0.1, -0.05) is 12.1 Å². The third-order valence-electron chi connectivity index (χ3n) is 1.68. The Morgan fingerprint density at radius 1 is 1.43 bits per heavy atom. The molecule has 0 aliphatic rings. The summed E-state index contributed by atoms with van der Waals surface area (Å²) < 4.78 is 0. The summed E-state index contributed by atoms with van der Waals surface area (Å²) in [7, 11) is 1.45. The number of carboxylic acid groups (broad SMARTS) is 1. The van der Waals surface area contributed by atoms with Gasteiger partial charge in [-0.25, -0.2) is 0 Å². The fraction of sp³-hybridized carbons (Fsp3) is 0.200. The van der Waals surface area contributed by atoms with Gasteiger partial charge in [0.1, 0.15) is 6.54 Å². The maximum absolute atomic E-state index is 11.5. The molecule has 0 aromatic heterocycles. The van der Waals surface area contributed by atoms with E-state index in [2.05, 4.69) is 6.07 Å². The van der Waals surface area contributed by atoms with Crippen LogP contribution in [-0.2, 0) is 4.79 Å². The van der Waals surface area contributed by atoms with Gasteiger partial charge in [0, 0.05) is 12.6 Å². The van der Waals surface area contributed by atoms with E-state index < -0.39 is 5.97 Å². The molecule has 4 heteroatoms. The predicted octanol–water partition coefficient (Wildman–Crippen LogP) is 0.643. The van der Waals surface area contributed by atoms with Crippen LogP contribution in [-0.4, -0.2) is 35.5 Å². The van der Waals surface area contributed by atoms with Gasteiger partial charge in [0.05, 0.1) is 0 Å². The number of aliphatic carboxylic acids is 1. The Hall–Kier alpha value is -1.84. The van der Waals surface area contributed by atoms with Gasteiger partial charge in [0.15, 0.2) is 0 Å². The lowest BCUT2D eigenvalue weighted by molar-refractivity contribution is -0.137. The van der Waals surface area contributed by atoms with E-state index in [1.165, 1.54) is 7.05 Å². The molecule has 4 nitrogen and oxygen atoms in total. The van der Waals surface area contributed by atoms with Gasteiger partial charge in [-0.15, -0.1) is 0 Å². The third kappa shape index (κ3) is 2.58. The maximum atomic E-state index is 11.5. The zero-order chi connectivity index (χ0) is 10.6. The highest BCUT2D eigenvalue weighted by Gasteiger charge is 2.13. The van der Waals surface area contributed by atoms with E-state index in [1.54, 1.807) is 24.3 Å². The molecule has 0 saturated carbocycles. The minimum atomic E-state index is -1.02. The minimum Gasteiger partial charge on any atom is -0.480 e. The molecule has 1 amide bonds. The highest BCUT2D eigenvalue weighted by atomic mass is 16.4. The molecule has 0 heterocycles. The van der Waals surface area contributed by atoms with Crippen molar-refractivity contribution in [2.45, 2.75) is 0 Å². The zero-order valence-corrected chi connectivity index (χ0v) is 7.73. The Morgan fingerprint density at radius 3 is 2.50 bits per heavy atom. The number of benzene rings is 1. The third-order valence-corrected chi connectivity index (χ3v) is 1.68. The van der Waals surface area contributed by atoms with Crippen LogP contribution in [0.15, 0.2) is 24.3 Å². The summed E-state index contributed by atoms with van der Waals surface area (Å²) >= 11 is 0. The second kappa shape index (κ2) is 4.41. The average Bonchev–Trinajstić information content (AvgIpc) is 2.17. The molecule has 0 fully saturated rings. The number of likely N-dealkylation sites (N-methyl/N-ethyl adjacent to an activating group) is 1. The van der Waals surface area contributed by atoms with E-state index in [-0.39, 0.29) is 12.5 Å². The molecule has 0 bridgehead atoms. The number of carboxylic acids is 1. The van der Waals surface area contributed by atoms with Gasteiger partial charge in [-0.2, -0.15) is 0 Å². The van der Waals surface area contributed by atoms with Crippen LogP contribution in [0.1, 0.15) is 10.4 Å². The van der Waals surface area contributed by atoms with Gasteiger partial charge < -0.3 is 10.0 Å². The summed E-state index contributed by atoms with van der Waals surface area (Å²) in [6.07, 6.45) is 0. The van der Waals surface area contributed by atoms with Crippen molar-refractivity contribution in [3.8, 4) is 0 Å². The fourth-order valence-electron chi connectivity index (χ4n) is 1.02. The number of hydrogen-bond donors (Lipinski definition) is 1. The van der Waals surface area contributed by atoms with Crippen molar-refractivity contribution in [3.05, 3.63) is 35.9 Å². The lowest BCUT2D eigenvalue weighted by atomic mass is 10.2. The van der Waals surface area contributed by atoms with Crippen molar-refractivity contribution >= 4 is 11.9 Å². The van der Waals surface area contributed by atoms with Crippen molar-refractivity contribution in [1.29, 1.82) is 0 Å². The van der Waals surface area contributed by atoms with Gasteiger partial charge in [0.2, 0.25) is 0 Å². The molecule has 0 spiro atoms. The van der Waals surface area contributed by atoms with Crippen LogP contribution in [0.5, 0.6) is 0 Å². The maximum Gasteiger partial charge on any atom is 0.323 e. The molecule has 1 aromatic rings. The van der Waals surface area contributed by atoms with Crippen LogP contribution < -0.4 is 0 Å². The van der Waals surface area contributed by atoms with Crippen LogP contribution in [0.3, 0.4) is 0 Å². The molecular formula is C10H10NO3. The first kappa shape index (κ1) is 10.2. The summed E-state index contributed by atoms with van der Waals surface area (Å²) in [5, 5.41) is 8.48.